The van der Waals surface area contributed by atoms with Crippen LogP contribution in [0.2, 0.25) is 0 Å². The number of fused-ring (bicyclic) bond motifs is 1. The predicted molar refractivity (Wildman–Crippen MR) is 123 cm³/mol. The number of benzene rings is 1. The van der Waals surface area contributed by atoms with E-state index in [0.717, 1.165) is 63.8 Å². The van der Waals surface area contributed by atoms with Gasteiger partial charge in [-0.05, 0) is 30.0 Å². The second kappa shape index (κ2) is 10.6. The Kier molecular flexibility index (Phi) is 7.34. The number of ether oxygens (including phenoxy) is 1. The van der Waals surface area contributed by atoms with Crippen molar-refractivity contribution in [1.82, 2.24) is 25.1 Å². The Hall–Kier alpha value is -2.42. The van der Waals surface area contributed by atoms with Crippen LogP contribution >= 0.6 is 11.3 Å². The van der Waals surface area contributed by atoms with Gasteiger partial charge in [0, 0.05) is 44.6 Å². The Morgan fingerprint density at radius 2 is 2.07 bits per heavy atom. The van der Waals surface area contributed by atoms with E-state index < -0.39 is 0 Å². The van der Waals surface area contributed by atoms with E-state index in [1.807, 2.05) is 36.8 Å². The van der Waals surface area contributed by atoms with Crippen molar-refractivity contribution in [2.45, 2.75) is 19.0 Å². The van der Waals surface area contributed by atoms with Crippen LogP contribution in [-0.2, 0) is 11.3 Å². The van der Waals surface area contributed by atoms with Crippen LogP contribution in [0.3, 0.4) is 0 Å². The van der Waals surface area contributed by atoms with Gasteiger partial charge in [-0.15, -0.1) is 11.3 Å². The first-order chi connectivity index (χ1) is 14.8. The summed E-state index contributed by atoms with van der Waals surface area (Å²) in [7, 11) is 1.83. The van der Waals surface area contributed by atoms with Crippen molar-refractivity contribution in [3.8, 4) is 0 Å². The lowest BCUT2D eigenvalue weighted by molar-refractivity contribution is 0.0177. The van der Waals surface area contributed by atoms with E-state index in [9.17, 15) is 0 Å². The van der Waals surface area contributed by atoms with Crippen molar-refractivity contribution in [3.63, 3.8) is 0 Å². The highest BCUT2D eigenvalue weighted by atomic mass is 32.1. The molecule has 1 fully saturated rings. The van der Waals surface area contributed by atoms with Gasteiger partial charge in [-0.3, -0.25) is 9.89 Å². The largest absolute Gasteiger partial charge is 0.379 e. The minimum absolute atomic E-state index is 0.338. The molecular weight excluding hydrogens is 396 g/mol. The van der Waals surface area contributed by atoms with E-state index >= 15 is 0 Å². The molecule has 30 heavy (non-hydrogen) atoms. The lowest BCUT2D eigenvalue weighted by Gasteiger charge is -2.34. The quantitative estimate of drug-likeness (QED) is 0.329. The predicted octanol–water partition coefficient (Wildman–Crippen LogP) is 2.73. The molecule has 0 spiro atoms. The van der Waals surface area contributed by atoms with E-state index in [-0.39, 0.29) is 0 Å². The molecular formula is C22H30N6OS. The molecule has 0 radical (unpaired) electrons. The molecule has 8 heteroatoms. The first-order valence-electron chi connectivity index (χ1n) is 10.5. The van der Waals surface area contributed by atoms with Gasteiger partial charge >= 0.3 is 0 Å². The minimum Gasteiger partial charge on any atom is -0.379 e. The highest BCUT2D eigenvalue weighted by Crippen LogP contribution is 2.25. The van der Waals surface area contributed by atoms with Gasteiger partial charge in [0.05, 0.1) is 36.6 Å². The molecule has 1 unspecified atom stereocenters. The molecule has 4 rings (SSSR count). The summed E-state index contributed by atoms with van der Waals surface area (Å²) in [5.41, 5.74) is 2.23. The maximum atomic E-state index is 5.54. The summed E-state index contributed by atoms with van der Waals surface area (Å²) in [5, 5.41) is 9.12. The molecule has 3 aromatic rings. The van der Waals surface area contributed by atoms with Crippen molar-refractivity contribution in [3.05, 3.63) is 53.0 Å². The zero-order valence-electron chi connectivity index (χ0n) is 17.5. The molecule has 1 aliphatic rings. The molecule has 160 valence electrons. The Morgan fingerprint density at radius 3 is 2.87 bits per heavy atom. The maximum Gasteiger partial charge on any atom is 0.191 e. The van der Waals surface area contributed by atoms with Gasteiger partial charge < -0.3 is 19.9 Å². The molecule has 3 heterocycles. The lowest BCUT2D eigenvalue weighted by Crippen LogP contribution is -2.46. The van der Waals surface area contributed by atoms with Crippen LogP contribution < -0.4 is 10.6 Å². The number of morpholine rings is 1. The van der Waals surface area contributed by atoms with Gasteiger partial charge in [-0.2, -0.15) is 0 Å². The summed E-state index contributed by atoms with van der Waals surface area (Å²) >= 11 is 1.81. The molecule has 1 aliphatic heterocycles. The third-order valence-corrected chi connectivity index (χ3v) is 6.41. The molecule has 1 aromatic carbocycles. The average molecular weight is 427 g/mol. The fourth-order valence-corrected chi connectivity index (χ4v) is 4.70. The van der Waals surface area contributed by atoms with Gasteiger partial charge in [0.25, 0.3) is 0 Å². The number of hydrogen-bond acceptors (Lipinski definition) is 5. The Morgan fingerprint density at radius 1 is 1.20 bits per heavy atom. The highest BCUT2D eigenvalue weighted by Gasteiger charge is 2.23. The van der Waals surface area contributed by atoms with Crippen LogP contribution in [-0.4, -0.2) is 66.9 Å². The molecule has 2 aromatic heterocycles. The van der Waals surface area contributed by atoms with Gasteiger partial charge in [0.15, 0.2) is 5.96 Å². The molecule has 0 bridgehead atoms. The normalized spacial score (nSPS) is 16.6. The summed E-state index contributed by atoms with van der Waals surface area (Å²) in [6.07, 6.45) is 2.92. The summed E-state index contributed by atoms with van der Waals surface area (Å²) in [4.78, 5) is 12.7. The van der Waals surface area contributed by atoms with Gasteiger partial charge in [-0.25, -0.2) is 4.98 Å². The third kappa shape index (κ3) is 5.19. The first kappa shape index (κ1) is 20.8. The number of thiophene rings is 1. The Bertz CT molecular complexity index is 932. The van der Waals surface area contributed by atoms with Crippen LogP contribution in [0, 0.1) is 0 Å². The Labute approximate surface area is 181 Å². The van der Waals surface area contributed by atoms with E-state index in [1.54, 1.807) is 0 Å². The van der Waals surface area contributed by atoms with Crippen molar-refractivity contribution in [1.29, 1.82) is 0 Å². The van der Waals surface area contributed by atoms with E-state index in [2.05, 4.69) is 59.7 Å². The fraction of sp³-hybridized carbons (Fsp3) is 0.455. The molecule has 2 N–H and O–H groups in total. The van der Waals surface area contributed by atoms with E-state index in [1.165, 1.54) is 10.4 Å². The number of nitrogens with one attached hydrogen (secondary N) is 2. The van der Waals surface area contributed by atoms with Gasteiger partial charge in [-0.1, -0.05) is 18.2 Å². The number of guanidine groups is 1. The number of imidazole rings is 1. The van der Waals surface area contributed by atoms with Gasteiger partial charge in [0.1, 0.15) is 0 Å². The van der Waals surface area contributed by atoms with Crippen molar-refractivity contribution < 1.29 is 4.74 Å². The van der Waals surface area contributed by atoms with Crippen LogP contribution in [0.15, 0.2) is 53.1 Å². The highest BCUT2D eigenvalue weighted by molar-refractivity contribution is 7.10. The summed E-state index contributed by atoms with van der Waals surface area (Å²) < 4.78 is 7.74. The zero-order valence-corrected chi connectivity index (χ0v) is 18.3. The molecule has 0 aliphatic carbocycles. The van der Waals surface area contributed by atoms with Crippen LogP contribution in [0.5, 0.6) is 0 Å². The number of hydrogen-bond donors (Lipinski definition) is 2. The summed E-state index contributed by atoms with van der Waals surface area (Å²) in [6.45, 7) is 6.15. The van der Waals surface area contributed by atoms with Crippen molar-refractivity contribution >= 4 is 28.3 Å². The zero-order chi connectivity index (χ0) is 20.6. The topological polar surface area (TPSA) is 66.7 Å². The molecule has 1 atom stereocenters. The standard InChI is InChI=1S/C22H30N6OS/c1-23-22(24-9-5-10-28-17-26-18-6-2-3-7-19(18)28)25-16-20(21-8-4-15-30-21)27-11-13-29-14-12-27/h2-4,6-8,15,17,20H,5,9-14,16H2,1H3,(H2,23,24,25). The smallest absolute Gasteiger partial charge is 0.191 e. The van der Waals surface area contributed by atoms with Crippen LogP contribution in [0.1, 0.15) is 17.3 Å². The number of aryl methyl sites for hydroxylation is 1. The molecule has 0 saturated carbocycles. The number of para-hydroxylation sites is 2. The van der Waals surface area contributed by atoms with Crippen LogP contribution in [0.4, 0.5) is 0 Å². The third-order valence-electron chi connectivity index (χ3n) is 5.44. The van der Waals surface area contributed by atoms with Crippen LogP contribution in [0.25, 0.3) is 11.0 Å². The molecule has 0 amide bonds. The maximum absolute atomic E-state index is 5.54. The second-order valence-electron chi connectivity index (χ2n) is 7.34. The summed E-state index contributed by atoms with van der Waals surface area (Å²) in [6, 6.07) is 12.9. The number of rotatable bonds is 8. The van der Waals surface area contributed by atoms with Crippen molar-refractivity contribution in [2.24, 2.45) is 4.99 Å². The van der Waals surface area contributed by atoms with Gasteiger partial charge in [0.2, 0.25) is 0 Å². The number of aliphatic imine (C=N–C) groups is 1. The SMILES string of the molecule is CN=C(NCCCn1cnc2ccccc21)NCC(c1cccs1)N1CCOCC1. The Balaban J connectivity index is 1.26. The van der Waals surface area contributed by atoms with E-state index in [0.29, 0.717) is 6.04 Å². The average Bonchev–Trinajstić information content (AvgIpc) is 3.47. The molecule has 7 nitrogen and oxygen atoms in total. The number of nitrogens with zero attached hydrogens (tertiary/aromatic N) is 4. The second-order valence-corrected chi connectivity index (χ2v) is 8.32. The minimum atomic E-state index is 0.338. The first-order valence-corrected chi connectivity index (χ1v) is 11.4. The number of aromatic nitrogens is 2. The van der Waals surface area contributed by atoms with Crippen molar-refractivity contribution in [2.75, 3.05) is 46.4 Å². The summed E-state index contributed by atoms with van der Waals surface area (Å²) in [5.74, 6) is 0.848. The monoisotopic (exact) mass is 426 g/mol. The fourth-order valence-electron chi connectivity index (χ4n) is 3.84. The van der Waals surface area contributed by atoms with E-state index in [4.69, 9.17) is 4.74 Å². The lowest BCUT2D eigenvalue weighted by atomic mass is 10.2. The molecule has 1 saturated heterocycles.